The summed E-state index contributed by atoms with van der Waals surface area (Å²) >= 11 is 1.93. The lowest BCUT2D eigenvalue weighted by atomic mass is 10.0. The van der Waals surface area contributed by atoms with Crippen molar-refractivity contribution in [3.05, 3.63) is 10.6 Å². The molecule has 0 amide bonds. The summed E-state index contributed by atoms with van der Waals surface area (Å²) in [4.78, 5) is 6.44. The Morgan fingerprint density at radius 2 is 1.47 bits per heavy atom. The largest absolute Gasteiger partial charge is 0.359 e. The molecule has 1 saturated carbocycles. The van der Waals surface area contributed by atoms with E-state index < -0.39 is 0 Å². The van der Waals surface area contributed by atoms with Gasteiger partial charge in [0.1, 0.15) is 0 Å². The van der Waals surface area contributed by atoms with E-state index in [0.717, 1.165) is 6.04 Å². The van der Waals surface area contributed by atoms with Crippen molar-refractivity contribution >= 4 is 16.5 Å². The fraction of sp³-hybridized carbons (Fsp3) is 0.812. The molecule has 2 aliphatic rings. The molecule has 3 heteroatoms. The van der Waals surface area contributed by atoms with Gasteiger partial charge in [-0.25, -0.2) is 4.98 Å². The van der Waals surface area contributed by atoms with E-state index >= 15 is 0 Å². The predicted molar refractivity (Wildman–Crippen MR) is 83.1 cm³/mol. The lowest BCUT2D eigenvalue weighted by Crippen LogP contribution is -2.00. The summed E-state index contributed by atoms with van der Waals surface area (Å²) in [5, 5.41) is 4.77. The van der Waals surface area contributed by atoms with Gasteiger partial charge in [-0.15, -0.1) is 11.3 Å². The summed E-state index contributed by atoms with van der Waals surface area (Å²) in [5.41, 5.74) is 1.41. The smallest absolute Gasteiger partial charge is 0.183 e. The highest BCUT2D eigenvalue weighted by Gasteiger charge is 2.23. The standard InChI is InChI=1S/C16H26N2S/c1-2-4-6-8-10-15-14(9-7-5-3-1)18-16(19-15)17-13-11-12-13/h13H,1-12H2,(H,17,18). The Kier molecular flexibility index (Phi) is 4.76. The van der Waals surface area contributed by atoms with Gasteiger partial charge in [0, 0.05) is 10.9 Å². The van der Waals surface area contributed by atoms with E-state index in [1.165, 1.54) is 87.9 Å². The van der Waals surface area contributed by atoms with Crippen molar-refractivity contribution in [2.75, 3.05) is 5.32 Å². The van der Waals surface area contributed by atoms with Crippen LogP contribution in [0.4, 0.5) is 5.13 Å². The molecular weight excluding hydrogens is 252 g/mol. The zero-order chi connectivity index (χ0) is 12.9. The molecule has 0 unspecified atom stereocenters. The highest BCUT2D eigenvalue weighted by molar-refractivity contribution is 7.15. The maximum Gasteiger partial charge on any atom is 0.183 e. The van der Waals surface area contributed by atoms with Crippen LogP contribution in [0.25, 0.3) is 0 Å². The van der Waals surface area contributed by atoms with Gasteiger partial charge in [0.05, 0.1) is 5.69 Å². The van der Waals surface area contributed by atoms with E-state index in [4.69, 9.17) is 4.98 Å². The first-order valence-electron chi connectivity index (χ1n) is 8.17. The van der Waals surface area contributed by atoms with Crippen LogP contribution in [0, 0.1) is 0 Å². The van der Waals surface area contributed by atoms with Crippen molar-refractivity contribution in [3.8, 4) is 0 Å². The number of rotatable bonds is 2. The second kappa shape index (κ2) is 6.74. The quantitative estimate of drug-likeness (QED) is 0.829. The molecule has 0 aliphatic heterocycles. The number of aromatic nitrogens is 1. The molecule has 3 rings (SSSR count). The third-order valence-corrected chi connectivity index (χ3v) is 5.34. The molecule has 2 aliphatic carbocycles. The first-order valence-corrected chi connectivity index (χ1v) is 8.98. The topological polar surface area (TPSA) is 24.9 Å². The number of hydrogen-bond donors (Lipinski definition) is 1. The normalized spacial score (nSPS) is 22.1. The minimum atomic E-state index is 0.730. The summed E-state index contributed by atoms with van der Waals surface area (Å²) in [6.45, 7) is 0. The average molecular weight is 278 g/mol. The van der Waals surface area contributed by atoms with E-state index in [2.05, 4.69) is 5.32 Å². The third-order valence-electron chi connectivity index (χ3n) is 4.25. The zero-order valence-electron chi connectivity index (χ0n) is 11.9. The van der Waals surface area contributed by atoms with Crippen LogP contribution in [-0.4, -0.2) is 11.0 Å². The Hall–Kier alpha value is -0.570. The number of aryl methyl sites for hydroxylation is 2. The molecule has 0 radical (unpaired) electrons. The number of nitrogens with zero attached hydrogens (tertiary/aromatic N) is 1. The number of hydrogen-bond acceptors (Lipinski definition) is 3. The van der Waals surface area contributed by atoms with Crippen LogP contribution in [-0.2, 0) is 12.8 Å². The number of nitrogens with one attached hydrogen (secondary N) is 1. The average Bonchev–Trinajstić information content (AvgIpc) is 3.12. The van der Waals surface area contributed by atoms with Crippen molar-refractivity contribution in [2.45, 2.75) is 83.1 Å². The minimum Gasteiger partial charge on any atom is -0.359 e. The highest BCUT2D eigenvalue weighted by Crippen LogP contribution is 2.31. The summed E-state index contributed by atoms with van der Waals surface area (Å²) in [7, 11) is 0. The van der Waals surface area contributed by atoms with E-state index in [1.807, 2.05) is 11.3 Å². The Morgan fingerprint density at radius 1 is 0.842 bits per heavy atom. The van der Waals surface area contributed by atoms with Crippen molar-refractivity contribution in [3.63, 3.8) is 0 Å². The molecule has 0 aromatic carbocycles. The predicted octanol–water partition coefficient (Wildman–Crippen LogP) is 4.94. The minimum absolute atomic E-state index is 0.730. The summed E-state index contributed by atoms with van der Waals surface area (Å²) in [6.07, 6.45) is 16.4. The van der Waals surface area contributed by atoms with Crippen molar-refractivity contribution in [1.29, 1.82) is 0 Å². The van der Waals surface area contributed by atoms with Gasteiger partial charge in [0.25, 0.3) is 0 Å². The molecule has 2 nitrogen and oxygen atoms in total. The zero-order valence-corrected chi connectivity index (χ0v) is 12.7. The lowest BCUT2D eigenvalue weighted by Gasteiger charge is -2.06. The van der Waals surface area contributed by atoms with Crippen molar-refractivity contribution in [1.82, 2.24) is 4.98 Å². The second-order valence-electron chi connectivity index (χ2n) is 6.14. The first-order chi connectivity index (χ1) is 9.42. The number of fused-ring (bicyclic) bond motifs is 1. The third kappa shape index (κ3) is 4.20. The number of thiazole rings is 1. The molecule has 1 heterocycles. The fourth-order valence-electron chi connectivity index (χ4n) is 2.88. The van der Waals surface area contributed by atoms with Crippen LogP contribution in [0.1, 0.15) is 74.8 Å². The fourth-order valence-corrected chi connectivity index (χ4v) is 4.00. The molecule has 1 N–H and O–H groups in total. The van der Waals surface area contributed by atoms with Crippen LogP contribution in [0.15, 0.2) is 0 Å². The van der Waals surface area contributed by atoms with Crippen molar-refractivity contribution < 1.29 is 0 Å². The molecule has 19 heavy (non-hydrogen) atoms. The molecule has 1 aromatic heterocycles. The summed E-state index contributed by atoms with van der Waals surface area (Å²) in [5.74, 6) is 0. The second-order valence-corrected chi connectivity index (χ2v) is 7.22. The van der Waals surface area contributed by atoms with Crippen LogP contribution < -0.4 is 5.32 Å². The van der Waals surface area contributed by atoms with Gasteiger partial charge in [-0.3, -0.25) is 0 Å². The molecule has 0 saturated heterocycles. The van der Waals surface area contributed by atoms with Gasteiger partial charge >= 0.3 is 0 Å². The molecule has 1 aromatic rings. The number of anilines is 1. The van der Waals surface area contributed by atoms with Gasteiger partial charge in [-0.05, 0) is 38.5 Å². The van der Waals surface area contributed by atoms with Crippen LogP contribution in [0.5, 0.6) is 0 Å². The Labute approximate surface area is 121 Å². The van der Waals surface area contributed by atoms with Gasteiger partial charge < -0.3 is 5.32 Å². The van der Waals surface area contributed by atoms with Gasteiger partial charge in [0.15, 0.2) is 5.13 Å². The molecule has 0 atom stereocenters. The Bertz CT molecular complexity index is 366. The molecule has 106 valence electrons. The van der Waals surface area contributed by atoms with Crippen LogP contribution >= 0.6 is 11.3 Å². The maximum atomic E-state index is 4.87. The lowest BCUT2D eigenvalue weighted by molar-refractivity contribution is 0.559. The molecular formula is C16H26N2S. The van der Waals surface area contributed by atoms with Gasteiger partial charge in [-0.2, -0.15) is 0 Å². The first kappa shape index (κ1) is 13.4. The van der Waals surface area contributed by atoms with Crippen LogP contribution in [0.3, 0.4) is 0 Å². The molecule has 0 spiro atoms. The van der Waals surface area contributed by atoms with Crippen molar-refractivity contribution in [2.24, 2.45) is 0 Å². The van der Waals surface area contributed by atoms with Crippen LogP contribution in [0.2, 0.25) is 0 Å². The van der Waals surface area contributed by atoms with E-state index in [-0.39, 0.29) is 0 Å². The highest BCUT2D eigenvalue weighted by atomic mass is 32.1. The van der Waals surface area contributed by atoms with E-state index in [1.54, 1.807) is 4.88 Å². The maximum absolute atomic E-state index is 4.87. The molecule has 0 bridgehead atoms. The Morgan fingerprint density at radius 3 is 2.16 bits per heavy atom. The molecule has 1 fully saturated rings. The van der Waals surface area contributed by atoms with Gasteiger partial charge in [0.2, 0.25) is 0 Å². The van der Waals surface area contributed by atoms with E-state index in [9.17, 15) is 0 Å². The van der Waals surface area contributed by atoms with E-state index in [0.29, 0.717) is 0 Å². The SMILES string of the molecule is C1CCCCCc2sc(NC3CC3)nc2CCCC1. The monoisotopic (exact) mass is 278 g/mol. The van der Waals surface area contributed by atoms with Gasteiger partial charge in [-0.1, -0.05) is 38.5 Å². The summed E-state index contributed by atoms with van der Waals surface area (Å²) < 4.78 is 0. The Balaban J connectivity index is 1.64. The summed E-state index contributed by atoms with van der Waals surface area (Å²) in [6, 6.07) is 0.730.